The number of unbranched alkanes of at least 4 members (excludes halogenated alkanes) is 1. The van der Waals surface area contributed by atoms with E-state index in [1.54, 1.807) is 4.90 Å². The van der Waals surface area contributed by atoms with Gasteiger partial charge in [-0.2, -0.15) is 0 Å². The summed E-state index contributed by atoms with van der Waals surface area (Å²) in [5.74, 6) is -0.136. The minimum Gasteiger partial charge on any atom is -0.483 e. The van der Waals surface area contributed by atoms with Gasteiger partial charge in [-0.15, -0.1) is 0 Å². The Morgan fingerprint density at radius 3 is 2.79 bits per heavy atom. The topological polar surface area (TPSA) is 63.7 Å². The van der Waals surface area contributed by atoms with E-state index in [4.69, 9.17) is 4.74 Å². The molecule has 0 N–H and O–H groups in total. The number of nitrogens with zero attached hydrogens (tertiary/aromatic N) is 1. The molecule has 0 radical (unpaired) electrons. The van der Waals surface area contributed by atoms with E-state index < -0.39 is 15.7 Å². The van der Waals surface area contributed by atoms with Crippen molar-refractivity contribution < 1.29 is 22.3 Å². The molecule has 0 bridgehead atoms. The number of benzene rings is 1. The van der Waals surface area contributed by atoms with E-state index in [1.165, 1.54) is 18.2 Å². The maximum absolute atomic E-state index is 13.1. The fourth-order valence-corrected chi connectivity index (χ4v) is 4.87. The van der Waals surface area contributed by atoms with Gasteiger partial charge in [0, 0.05) is 12.6 Å². The molecule has 5 nitrogen and oxygen atoms in total. The summed E-state index contributed by atoms with van der Waals surface area (Å²) in [4.78, 5) is 14.1. The Morgan fingerprint density at radius 1 is 1.46 bits per heavy atom. The Kier molecular flexibility index (Phi) is 6.62. The van der Waals surface area contributed by atoms with Crippen LogP contribution in [-0.2, 0) is 14.6 Å². The van der Waals surface area contributed by atoms with Crippen molar-refractivity contribution in [1.82, 2.24) is 4.90 Å². The Labute approximate surface area is 150 Å². The smallest absolute Gasteiger partial charge is 0.260 e. The molecule has 0 aromatic heterocycles. The number of rotatable bonds is 7. The van der Waals surface area contributed by atoms with Crippen molar-refractivity contribution in [3.8, 4) is 5.75 Å². The van der Waals surface area contributed by atoms with Crippen molar-refractivity contribution in [2.75, 3.05) is 24.7 Å². The fourth-order valence-electron chi connectivity index (χ4n) is 2.68. The molecule has 1 saturated heterocycles. The Balaban J connectivity index is 2.02. The highest BCUT2D eigenvalue weighted by molar-refractivity contribution is 9.10. The summed E-state index contributed by atoms with van der Waals surface area (Å²) in [5, 5.41) is 0. The van der Waals surface area contributed by atoms with Crippen LogP contribution in [0, 0.1) is 5.82 Å². The standard InChI is InChI=1S/C16H21BrFNO4S/c1-2-3-7-19(13-6-8-24(21,22)11-13)16(20)10-23-15-5-4-12(18)9-14(15)17/h4-5,9,13H,2-3,6-8,10-11H2,1H3. The van der Waals surface area contributed by atoms with E-state index in [-0.39, 0.29) is 30.1 Å². The minimum atomic E-state index is -3.06. The molecular weight excluding hydrogens is 401 g/mol. The molecule has 8 heteroatoms. The average molecular weight is 422 g/mol. The Bertz CT molecular complexity index is 695. The number of carbonyl (C=O) groups excluding carboxylic acids is 1. The largest absolute Gasteiger partial charge is 0.483 e. The van der Waals surface area contributed by atoms with Crippen molar-refractivity contribution in [1.29, 1.82) is 0 Å². The lowest BCUT2D eigenvalue weighted by atomic mass is 10.2. The second kappa shape index (κ2) is 8.29. The number of halogens is 2. The Hall–Kier alpha value is -1.15. The highest BCUT2D eigenvalue weighted by atomic mass is 79.9. The van der Waals surface area contributed by atoms with Gasteiger partial charge >= 0.3 is 0 Å². The molecule has 0 saturated carbocycles. The van der Waals surface area contributed by atoms with Gasteiger partial charge in [0.25, 0.3) is 5.91 Å². The normalized spacial score (nSPS) is 19.2. The predicted molar refractivity (Wildman–Crippen MR) is 93.3 cm³/mol. The first kappa shape index (κ1) is 19.2. The summed E-state index contributed by atoms with van der Waals surface area (Å²) in [6.45, 7) is 2.33. The molecule has 1 unspecified atom stereocenters. The molecule has 1 aromatic carbocycles. The van der Waals surface area contributed by atoms with Gasteiger partial charge in [0.1, 0.15) is 11.6 Å². The third-order valence-corrected chi connectivity index (χ3v) is 6.34. The minimum absolute atomic E-state index is 0.0166. The molecule has 134 valence electrons. The zero-order valence-electron chi connectivity index (χ0n) is 13.5. The summed E-state index contributed by atoms with van der Waals surface area (Å²) in [6.07, 6.45) is 2.19. The first-order chi connectivity index (χ1) is 11.3. The number of sulfone groups is 1. The molecule has 1 atom stereocenters. The second-order valence-electron chi connectivity index (χ2n) is 5.86. The second-order valence-corrected chi connectivity index (χ2v) is 8.94. The molecule has 1 heterocycles. The number of carbonyl (C=O) groups is 1. The summed E-state index contributed by atoms with van der Waals surface area (Å²) in [7, 11) is -3.06. The third-order valence-electron chi connectivity index (χ3n) is 3.97. The first-order valence-electron chi connectivity index (χ1n) is 7.90. The number of hydrogen-bond acceptors (Lipinski definition) is 4. The van der Waals surface area contributed by atoms with Gasteiger partial charge in [-0.05, 0) is 47.0 Å². The summed E-state index contributed by atoms with van der Waals surface area (Å²) < 4.78 is 42.3. The van der Waals surface area contributed by atoms with Crippen LogP contribution >= 0.6 is 15.9 Å². The SMILES string of the molecule is CCCCN(C(=O)COc1ccc(F)cc1Br)C1CCS(=O)(=O)C1. The molecule has 0 spiro atoms. The highest BCUT2D eigenvalue weighted by Crippen LogP contribution is 2.26. The van der Waals surface area contributed by atoms with E-state index in [1.807, 2.05) is 6.92 Å². The van der Waals surface area contributed by atoms with Crippen LogP contribution in [0.25, 0.3) is 0 Å². The number of hydrogen-bond donors (Lipinski definition) is 0. The van der Waals surface area contributed by atoms with Crippen molar-refractivity contribution in [2.24, 2.45) is 0 Å². The summed E-state index contributed by atoms with van der Waals surface area (Å²) >= 11 is 3.19. The van der Waals surface area contributed by atoms with Crippen molar-refractivity contribution in [2.45, 2.75) is 32.2 Å². The maximum Gasteiger partial charge on any atom is 0.260 e. The van der Waals surface area contributed by atoms with Crippen LogP contribution in [-0.4, -0.2) is 49.9 Å². The molecule has 1 aromatic rings. The summed E-state index contributed by atoms with van der Waals surface area (Å²) in [6, 6.07) is 3.68. The highest BCUT2D eigenvalue weighted by Gasteiger charge is 2.34. The van der Waals surface area contributed by atoms with E-state index in [0.717, 1.165) is 12.8 Å². The lowest BCUT2D eigenvalue weighted by Crippen LogP contribution is -2.44. The van der Waals surface area contributed by atoms with E-state index in [2.05, 4.69) is 15.9 Å². The van der Waals surface area contributed by atoms with Crippen LogP contribution in [0.3, 0.4) is 0 Å². The molecule has 2 rings (SSSR count). The predicted octanol–water partition coefficient (Wildman–Crippen LogP) is 2.78. The van der Waals surface area contributed by atoms with Crippen LogP contribution in [0.4, 0.5) is 4.39 Å². The van der Waals surface area contributed by atoms with Crippen LogP contribution < -0.4 is 4.74 Å². The van der Waals surface area contributed by atoms with Gasteiger partial charge in [-0.25, -0.2) is 12.8 Å². The quantitative estimate of drug-likeness (QED) is 0.678. The Morgan fingerprint density at radius 2 is 2.21 bits per heavy atom. The fraction of sp³-hybridized carbons (Fsp3) is 0.562. The van der Waals surface area contributed by atoms with Gasteiger partial charge in [0.15, 0.2) is 16.4 Å². The number of amides is 1. The van der Waals surface area contributed by atoms with Gasteiger partial charge in [0.2, 0.25) is 0 Å². The van der Waals surface area contributed by atoms with Crippen molar-refractivity contribution >= 4 is 31.7 Å². The molecule has 1 aliphatic heterocycles. The maximum atomic E-state index is 13.1. The van der Waals surface area contributed by atoms with Crippen LogP contribution in [0.15, 0.2) is 22.7 Å². The number of ether oxygens (including phenoxy) is 1. The third kappa shape index (κ3) is 5.17. The molecule has 1 amide bonds. The monoisotopic (exact) mass is 421 g/mol. The molecule has 24 heavy (non-hydrogen) atoms. The van der Waals surface area contributed by atoms with Crippen LogP contribution in [0.1, 0.15) is 26.2 Å². The van der Waals surface area contributed by atoms with Crippen LogP contribution in [0.2, 0.25) is 0 Å². The van der Waals surface area contributed by atoms with Crippen LogP contribution in [0.5, 0.6) is 5.75 Å². The van der Waals surface area contributed by atoms with Gasteiger partial charge < -0.3 is 9.64 Å². The van der Waals surface area contributed by atoms with Crippen molar-refractivity contribution in [3.05, 3.63) is 28.5 Å². The molecule has 1 fully saturated rings. The average Bonchev–Trinajstić information content (AvgIpc) is 2.86. The molecular formula is C16H21BrFNO4S. The van der Waals surface area contributed by atoms with Crippen molar-refractivity contribution in [3.63, 3.8) is 0 Å². The van der Waals surface area contributed by atoms with Gasteiger partial charge in [0.05, 0.1) is 16.0 Å². The lowest BCUT2D eigenvalue weighted by molar-refractivity contribution is -0.135. The van der Waals surface area contributed by atoms with E-state index in [9.17, 15) is 17.6 Å². The van der Waals surface area contributed by atoms with Gasteiger partial charge in [-0.3, -0.25) is 4.79 Å². The zero-order valence-corrected chi connectivity index (χ0v) is 15.9. The van der Waals surface area contributed by atoms with E-state index >= 15 is 0 Å². The molecule has 0 aliphatic carbocycles. The zero-order chi connectivity index (χ0) is 17.7. The van der Waals surface area contributed by atoms with E-state index in [0.29, 0.717) is 23.2 Å². The first-order valence-corrected chi connectivity index (χ1v) is 10.5. The lowest BCUT2D eigenvalue weighted by Gasteiger charge is -2.28. The summed E-state index contributed by atoms with van der Waals surface area (Å²) in [5.41, 5.74) is 0. The molecule has 1 aliphatic rings. The van der Waals surface area contributed by atoms with Gasteiger partial charge in [-0.1, -0.05) is 13.3 Å².